The summed E-state index contributed by atoms with van der Waals surface area (Å²) in [6, 6.07) is 23.2. The van der Waals surface area contributed by atoms with Gasteiger partial charge in [-0.2, -0.15) is 0 Å². The number of esters is 3. The molecule has 6 N–H and O–H groups in total. The minimum Gasteiger partial charge on any atom is -0.457 e. The number of rotatable bonds is 23. The number of nitrogens with one attached hydrogen (secondary N) is 6. The SMILES string of the molecule is CC(=O)OC1[C@@H](O[C@@H]2C(OC(C)=O)C(O[C@H]3OC(CNC(=O)OC(C)(C)C)CCC3NC(=O)OC(C)(C)C)[C@H](NC(=O)OC(C)(C)C)C[C@H]2NC(=O)[C@H](CCNC(=O)OC(C)(C)C)OC(C)=O)OC(COC(c2ccccc2)(c2ccccc2)c2ccccc2)C[C@@H]1NC(=O)OC(C)(C)C. The third-order valence-electron chi connectivity index (χ3n) is 15.1. The van der Waals surface area contributed by atoms with Gasteiger partial charge in [-0.3, -0.25) is 19.2 Å². The van der Waals surface area contributed by atoms with Crippen molar-refractivity contribution < 1.29 is 105 Å². The van der Waals surface area contributed by atoms with Crippen molar-refractivity contribution in [3.05, 3.63) is 108 Å². The van der Waals surface area contributed by atoms with Crippen molar-refractivity contribution in [2.45, 2.75) is 270 Å². The van der Waals surface area contributed by atoms with Crippen LogP contribution in [-0.2, 0) is 86.4 Å². The molecule has 2 aliphatic heterocycles. The largest absolute Gasteiger partial charge is 0.457 e. The van der Waals surface area contributed by atoms with Crippen LogP contribution >= 0.6 is 0 Å². The van der Waals surface area contributed by atoms with Crippen LogP contribution in [0.4, 0.5) is 24.0 Å². The molecule has 28 nitrogen and oxygen atoms in total. The lowest BCUT2D eigenvalue weighted by Crippen LogP contribution is -2.70. The molecule has 6 rings (SSSR count). The molecular formula is C72H104N6O22. The van der Waals surface area contributed by atoms with Gasteiger partial charge in [-0.05, 0) is 140 Å². The number of carbonyl (C=O) groups is 9. The number of benzene rings is 3. The fraction of sp³-hybridized carbons (Fsp3) is 0.625. The number of amides is 6. The van der Waals surface area contributed by atoms with Crippen LogP contribution in [0.2, 0.25) is 0 Å². The lowest BCUT2D eigenvalue weighted by Gasteiger charge is -2.50. The molecule has 3 aliphatic rings. The molecule has 100 heavy (non-hydrogen) atoms. The smallest absolute Gasteiger partial charge is 0.408 e. The van der Waals surface area contributed by atoms with Gasteiger partial charge in [-0.15, -0.1) is 0 Å². The molecule has 1 saturated carbocycles. The van der Waals surface area contributed by atoms with E-state index in [4.69, 9.17) is 61.6 Å². The lowest BCUT2D eigenvalue weighted by atomic mass is 9.80. The topological polar surface area (TPSA) is 346 Å². The van der Waals surface area contributed by atoms with Gasteiger partial charge in [0.25, 0.3) is 5.91 Å². The molecule has 3 aromatic carbocycles. The summed E-state index contributed by atoms with van der Waals surface area (Å²) in [6.07, 6.45) is -18.9. The maximum absolute atomic E-state index is 15.2. The van der Waals surface area contributed by atoms with Gasteiger partial charge in [0.15, 0.2) is 30.9 Å². The molecule has 13 atom stereocenters. The molecule has 28 heteroatoms. The minimum atomic E-state index is -1.85. The van der Waals surface area contributed by atoms with E-state index in [1.807, 2.05) is 91.0 Å². The van der Waals surface area contributed by atoms with E-state index in [1.165, 1.54) is 0 Å². The second-order valence-corrected chi connectivity index (χ2v) is 29.8. The fourth-order valence-corrected chi connectivity index (χ4v) is 11.6. The summed E-state index contributed by atoms with van der Waals surface area (Å²) in [5, 5.41) is 16.7. The zero-order chi connectivity index (χ0) is 74.1. The molecule has 0 aromatic heterocycles. The van der Waals surface area contributed by atoms with Crippen LogP contribution in [0, 0.1) is 0 Å². The van der Waals surface area contributed by atoms with Gasteiger partial charge >= 0.3 is 48.4 Å². The van der Waals surface area contributed by atoms with Crippen LogP contribution < -0.4 is 31.9 Å². The maximum atomic E-state index is 15.2. The summed E-state index contributed by atoms with van der Waals surface area (Å²) in [5.41, 5.74) is -4.06. The van der Waals surface area contributed by atoms with Crippen molar-refractivity contribution >= 4 is 54.3 Å². The molecule has 3 aromatic rings. The Bertz CT molecular complexity index is 3120. The standard InChI is InChI=1S/C72H104N6O22/c1-42(79)89-54(36-37-73-62(83)96-67(4,5)6)59(82)75-52-39-53(78-66(87)100-71(16,17)18)56(94-60-50(76-64(85)98-69(10,11)12)35-34-48(92-60)40-74-63(84)97-68(7,8)9)58(91-44(3)81)55(52)95-61-57(90-43(2)80)51(77-65(86)99-70(13,14)15)38-49(93-61)41-88-72(45-28-22-19-23-29-45,46-30-24-20-25-31-46)47-32-26-21-27-33-47/h19-33,48-58,60-61H,34-41H2,1-18H3,(H,73,83)(H,74,84)(H,75,82)(H,76,85)(H,77,86)(H,78,87)/t48?,49?,50?,51-,52+,53+,54-,55-,56?,57?,58?,60+,61+/m0/s1. The Morgan fingerprint density at radius 3 is 1.26 bits per heavy atom. The monoisotopic (exact) mass is 1400 g/mol. The third kappa shape index (κ3) is 26.0. The highest BCUT2D eigenvalue weighted by molar-refractivity contribution is 5.84. The Kier molecular flexibility index (Phi) is 28.1. The van der Waals surface area contributed by atoms with Crippen LogP contribution in [0.15, 0.2) is 91.0 Å². The molecule has 6 amide bonds. The summed E-state index contributed by atoms with van der Waals surface area (Å²) in [7, 11) is 0. The molecular weight excluding hydrogens is 1300 g/mol. The number of carbonyl (C=O) groups excluding carboxylic acids is 9. The van der Waals surface area contributed by atoms with Crippen molar-refractivity contribution in [2.75, 3.05) is 19.7 Å². The number of ether oxygens (including phenoxy) is 13. The van der Waals surface area contributed by atoms with E-state index >= 15 is 4.79 Å². The van der Waals surface area contributed by atoms with E-state index in [2.05, 4.69) is 31.9 Å². The van der Waals surface area contributed by atoms with E-state index in [9.17, 15) is 38.4 Å². The minimum absolute atomic E-state index is 0.119. The second-order valence-electron chi connectivity index (χ2n) is 29.8. The zero-order valence-electron chi connectivity index (χ0n) is 60.8. The van der Waals surface area contributed by atoms with E-state index in [0.29, 0.717) is 0 Å². The first-order valence-corrected chi connectivity index (χ1v) is 33.7. The molecule has 2 saturated heterocycles. The normalized spacial score (nSPS) is 23.9. The highest BCUT2D eigenvalue weighted by Gasteiger charge is 2.56. The fourth-order valence-electron chi connectivity index (χ4n) is 11.6. The van der Waals surface area contributed by atoms with Crippen molar-refractivity contribution in [1.29, 1.82) is 0 Å². The quantitative estimate of drug-likeness (QED) is 0.0292. The van der Waals surface area contributed by atoms with Crippen molar-refractivity contribution in [3.63, 3.8) is 0 Å². The summed E-state index contributed by atoms with van der Waals surface area (Å²) < 4.78 is 81.5. The molecule has 1 aliphatic carbocycles. The van der Waals surface area contributed by atoms with Gasteiger partial charge < -0.3 is 93.5 Å². The van der Waals surface area contributed by atoms with Crippen molar-refractivity contribution in [2.24, 2.45) is 0 Å². The van der Waals surface area contributed by atoms with Gasteiger partial charge in [-0.1, -0.05) is 91.0 Å². The predicted octanol–water partition coefficient (Wildman–Crippen LogP) is 9.19. The van der Waals surface area contributed by atoms with E-state index in [0.717, 1.165) is 37.5 Å². The average Bonchev–Trinajstić information content (AvgIpc) is 0.762. The molecule has 0 radical (unpaired) electrons. The lowest BCUT2D eigenvalue weighted by molar-refractivity contribution is -0.308. The number of hydrogen-bond acceptors (Lipinski definition) is 22. The average molecular weight is 1410 g/mol. The van der Waals surface area contributed by atoms with E-state index < -0.39 is 174 Å². The molecule has 6 unspecified atom stereocenters. The molecule has 2 heterocycles. The van der Waals surface area contributed by atoms with Crippen LogP contribution in [0.1, 0.15) is 173 Å². The Hall–Kier alpha value is -8.31. The molecule has 554 valence electrons. The van der Waals surface area contributed by atoms with E-state index in [1.54, 1.807) is 104 Å². The van der Waals surface area contributed by atoms with Crippen molar-refractivity contribution in [3.8, 4) is 0 Å². The van der Waals surface area contributed by atoms with E-state index in [-0.39, 0.29) is 45.4 Å². The van der Waals surface area contributed by atoms with Crippen LogP contribution in [0.5, 0.6) is 0 Å². The second kappa shape index (κ2) is 34.8. The zero-order valence-corrected chi connectivity index (χ0v) is 60.8. The first kappa shape index (κ1) is 80.7. The first-order valence-electron chi connectivity index (χ1n) is 33.7. The van der Waals surface area contributed by atoms with Crippen LogP contribution in [0.25, 0.3) is 0 Å². The Labute approximate surface area is 585 Å². The highest BCUT2D eigenvalue weighted by atomic mass is 16.7. The highest BCUT2D eigenvalue weighted by Crippen LogP contribution is 2.42. The molecule has 0 spiro atoms. The maximum Gasteiger partial charge on any atom is 0.408 e. The van der Waals surface area contributed by atoms with Crippen LogP contribution in [-0.4, -0.2) is 181 Å². The summed E-state index contributed by atoms with van der Waals surface area (Å²) in [5.74, 6) is -3.71. The molecule has 0 bridgehead atoms. The summed E-state index contributed by atoms with van der Waals surface area (Å²) in [6.45, 7) is 27.5. The number of alkyl carbamates (subject to hydrolysis) is 5. The third-order valence-corrected chi connectivity index (χ3v) is 15.1. The predicted molar refractivity (Wildman–Crippen MR) is 362 cm³/mol. The van der Waals surface area contributed by atoms with Gasteiger partial charge in [0.2, 0.25) is 0 Å². The Morgan fingerprint density at radius 2 is 0.820 bits per heavy atom. The van der Waals surface area contributed by atoms with Gasteiger partial charge in [0.1, 0.15) is 45.8 Å². The summed E-state index contributed by atoms with van der Waals surface area (Å²) >= 11 is 0. The summed E-state index contributed by atoms with van der Waals surface area (Å²) in [4.78, 5) is 124. The van der Waals surface area contributed by atoms with Gasteiger partial charge in [-0.25, -0.2) is 24.0 Å². The Morgan fingerprint density at radius 1 is 0.430 bits per heavy atom. The van der Waals surface area contributed by atoms with Crippen molar-refractivity contribution in [1.82, 2.24) is 31.9 Å². The number of hydrogen-bond donors (Lipinski definition) is 6. The Balaban J connectivity index is 1.57. The van der Waals surface area contributed by atoms with Crippen LogP contribution in [0.3, 0.4) is 0 Å². The first-order chi connectivity index (χ1) is 46.5. The molecule has 3 fully saturated rings. The van der Waals surface area contributed by atoms with Gasteiger partial charge in [0, 0.05) is 46.7 Å². The van der Waals surface area contributed by atoms with Gasteiger partial charge in [0.05, 0.1) is 43.0 Å².